The van der Waals surface area contributed by atoms with Crippen LogP contribution in [-0.4, -0.2) is 40.2 Å². The molecular formula is C12H18N4OS. The van der Waals surface area contributed by atoms with E-state index in [0.717, 1.165) is 31.6 Å². The van der Waals surface area contributed by atoms with Crippen molar-refractivity contribution in [3.63, 3.8) is 0 Å². The van der Waals surface area contributed by atoms with Gasteiger partial charge in [0.25, 0.3) is 0 Å². The number of nitrogens with zero attached hydrogens (tertiary/aromatic N) is 2. The smallest absolute Gasteiger partial charge is 0.230 e. The molecule has 98 valence electrons. The first-order valence-corrected chi connectivity index (χ1v) is 7.25. The Labute approximate surface area is 111 Å². The summed E-state index contributed by atoms with van der Waals surface area (Å²) in [6, 6.07) is 3.67. The summed E-state index contributed by atoms with van der Waals surface area (Å²) in [5, 5.41) is 14.5. The largest absolute Gasteiger partial charge is 0.350 e. The van der Waals surface area contributed by atoms with Crippen LogP contribution in [0.25, 0.3) is 0 Å². The van der Waals surface area contributed by atoms with Crippen LogP contribution in [0.5, 0.6) is 0 Å². The summed E-state index contributed by atoms with van der Waals surface area (Å²) in [5.74, 6) is 0.606. The Kier molecular flexibility index (Phi) is 5.41. The summed E-state index contributed by atoms with van der Waals surface area (Å²) < 4.78 is 0. The lowest BCUT2D eigenvalue weighted by Gasteiger charge is -2.21. The minimum atomic E-state index is 0.0733. The summed E-state index contributed by atoms with van der Waals surface area (Å²) in [4.78, 5) is 11.7. The van der Waals surface area contributed by atoms with Crippen molar-refractivity contribution < 1.29 is 4.79 Å². The van der Waals surface area contributed by atoms with Crippen LogP contribution < -0.4 is 10.6 Å². The fraction of sp³-hybridized carbons (Fsp3) is 0.583. The van der Waals surface area contributed by atoms with Gasteiger partial charge in [0.05, 0.1) is 18.0 Å². The summed E-state index contributed by atoms with van der Waals surface area (Å²) in [5.41, 5.74) is 0.790. The normalized spacial score (nSPS) is 16.4. The molecule has 6 heteroatoms. The van der Waals surface area contributed by atoms with Crippen molar-refractivity contribution in [2.45, 2.75) is 24.6 Å². The highest BCUT2D eigenvalue weighted by atomic mass is 32.2. The van der Waals surface area contributed by atoms with Crippen molar-refractivity contribution >= 4 is 17.7 Å². The number of thioether (sulfide) groups is 1. The molecule has 0 aromatic carbocycles. The average molecular weight is 266 g/mol. The van der Waals surface area contributed by atoms with Crippen LogP contribution in [0.1, 0.15) is 18.5 Å². The number of aromatic nitrogens is 2. The Morgan fingerprint density at radius 2 is 2.33 bits per heavy atom. The van der Waals surface area contributed by atoms with Gasteiger partial charge >= 0.3 is 0 Å². The van der Waals surface area contributed by atoms with E-state index in [0.29, 0.717) is 17.5 Å². The van der Waals surface area contributed by atoms with Gasteiger partial charge in [0.15, 0.2) is 0 Å². The third-order valence-corrected chi connectivity index (χ3v) is 4.20. The Balaban J connectivity index is 1.63. The van der Waals surface area contributed by atoms with Crippen molar-refractivity contribution in [3.8, 4) is 0 Å². The Bertz CT molecular complexity index is 368. The third kappa shape index (κ3) is 4.62. The van der Waals surface area contributed by atoms with E-state index in [-0.39, 0.29) is 5.91 Å². The number of nitrogens with one attached hydrogen (secondary N) is 2. The van der Waals surface area contributed by atoms with Gasteiger partial charge in [-0.05, 0) is 38.1 Å². The van der Waals surface area contributed by atoms with Gasteiger partial charge in [-0.2, -0.15) is 10.2 Å². The molecule has 1 aliphatic heterocycles. The monoisotopic (exact) mass is 266 g/mol. The van der Waals surface area contributed by atoms with Crippen LogP contribution in [0.2, 0.25) is 0 Å². The maximum absolute atomic E-state index is 11.7. The molecule has 18 heavy (non-hydrogen) atoms. The Morgan fingerprint density at radius 1 is 1.50 bits per heavy atom. The van der Waals surface area contributed by atoms with Crippen molar-refractivity contribution in [3.05, 3.63) is 24.0 Å². The van der Waals surface area contributed by atoms with Gasteiger partial charge in [0.1, 0.15) is 0 Å². The highest BCUT2D eigenvalue weighted by molar-refractivity contribution is 8.00. The van der Waals surface area contributed by atoms with Gasteiger partial charge < -0.3 is 10.6 Å². The molecule has 1 saturated heterocycles. The van der Waals surface area contributed by atoms with E-state index >= 15 is 0 Å². The van der Waals surface area contributed by atoms with E-state index in [9.17, 15) is 4.79 Å². The van der Waals surface area contributed by atoms with Crippen LogP contribution in [0, 0.1) is 0 Å². The van der Waals surface area contributed by atoms with Crippen LogP contribution in [0.15, 0.2) is 18.3 Å². The topological polar surface area (TPSA) is 66.9 Å². The average Bonchev–Trinajstić information content (AvgIpc) is 2.45. The molecule has 0 radical (unpaired) electrons. The molecule has 2 N–H and O–H groups in total. The molecule has 1 aliphatic rings. The molecule has 2 heterocycles. The highest BCUT2D eigenvalue weighted by Gasteiger charge is 2.14. The first-order valence-electron chi connectivity index (χ1n) is 6.20. The summed E-state index contributed by atoms with van der Waals surface area (Å²) in [7, 11) is 0. The number of carbonyl (C=O) groups is 1. The van der Waals surface area contributed by atoms with E-state index in [4.69, 9.17) is 0 Å². The Hall–Kier alpha value is -1.14. The molecule has 0 atom stereocenters. The zero-order chi connectivity index (χ0) is 12.6. The van der Waals surface area contributed by atoms with Crippen LogP contribution in [0.4, 0.5) is 0 Å². The molecule has 5 nitrogen and oxygen atoms in total. The molecule has 0 spiro atoms. The second kappa shape index (κ2) is 7.33. The van der Waals surface area contributed by atoms with Crippen LogP contribution in [0.3, 0.4) is 0 Å². The van der Waals surface area contributed by atoms with Crippen molar-refractivity contribution in [1.29, 1.82) is 0 Å². The maximum atomic E-state index is 11.7. The van der Waals surface area contributed by atoms with Gasteiger partial charge in [0, 0.05) is 11.4 Å². The molecular weight excluding hydrogens is 248 g/mol. The van der Waals surface area contributed by atoms with Gasteiger partial charge in [0.2, 0.25) is 5.91 Å². The maximum Gasteiger partial charge on any atom is 0.230 e. The first kappa shape index (κ1) is 13.3. The zero-order valence-corrected chi connectivity index (χ0v) is 11.1. The number of carbonyl (C=O) groups excluding carboxylic acids is 1. The Morgan fingerprint density at radius 3 is 3.06 bits per heavy atom. The highest BCUT2D eigenvalue weighted by Crippen LogP contribution is 2.19. The second-order valence-corrected chi connectivity index (χ2v) is 5.54. The first-order chi connectivity index (χ1) is 8.84. The van der Waals surface area contributed by atoms with Crippen molar-refractivity contribution in [1.82, 2.24) is 20.8 Å². The second-order valence-electron chi connectivity index (χ2n) is 4.25. The van der Waals surface area contributed by atoms with Gasteiger partial charge in [-0.25, -0.2) is 0 Å². The molecule has 1 aromatic rings. The van der Waals surface area contributed by atoms with Gasteiger partial charge in [-0.1, -0.05) is 0 Å². The number of rotatable bonds is 5. The van der Waals surface area contributed by atoms with Gasteiger partial charge in [-0.3, -0.25) is 4.79 Å². The number of amides is 1. The fourth-order valence-corrected chi connectivity index (χ4v) is 2.88. The zero-order valence-electron chi connectivity index (χ0n) is 10.3. The lowest BCUT2D eigenvalue weighted by atomic mass is 10.2. The number of piperidine rings is 1. The van der Waals surface area contributed by atoms with Crippen molar-refractivity contribution in [2.75, 3.05) is 18.8 Å². The lowest BCUT2D eigenvalue weighted by Crippen LogP contribution is -2.31. The minimum Gasteiger partial charge on any atom is -0.350 e. The molecule has 0 aliphatic carbocycles. The molecule has 2 rings (SSSR count). The SMILES string of the molecule is O=C(CSC1CCNCC1)NCc1cccnn1. The fourth-order valence-electron chi connectivity index (χ4n) is 1.82. The van der Waals surface area contributed by atoms with E-state index in [2.05, 4.69) is 20.8 Å². The van der Waals surface area contributed by atoms with E-state index in [1.165, 1.54) is 0 Å². The summed E-state index contributed by atoms with van der Waals surface area (Å²) >= 11 is 1.75. The number of hydrogen-bond acceptors (Lipinski definition) is 5. The third-order valence-electron chi connectivity index (χ3n) is 2.83. The van der Waals surface area contributed by atoms with E-state index in [1.807, 2.05) is 12.1 Å². The van der Waals surface area contributed by atoms with Crippen molar-refractivity contribution in [2.24, 2.45) is 0 Å². The summed E-state index contributed by atoms with van der Waals surface area (Å²) in [6.07, 6.45) is 3.93. The van der Waals surface area contributed by atoms with E-state index < -0.39 is 0 Å². The van der Waals surface area contributed by atoms with Crippen LogP contribution >= 0.6 is 11.8 Å². The van der Waals surface area contributed by atoms with Gasteiger partial charge in [-0.15, -0.1) is 11.8 Å². The molecule has 1 amide bonds. The molecule has 1 fully saturated rings. The quantitative estimate of drug-likeness (QED) is 0.816. The van der Waals surface area contributed by atoms with E-state index in [1.54, 1.807) is 18.0 Å². The lowest BCUT2D eigenvalue weighted by molar-refractivity contribution is -0.118. The molecule has 0 bridgehead atoms. The summed E-state index contributed by atoms with van der Waals surface area (Å²) in [6.45, 7) is 2.59. The molecule has 0 unspecified atom stereocenters. The predicted octanol–water partition coefficient (Wildman–Crippen LogP) is 0.578. The van der Waals surface area contributed by atoms with Crippen LogP contribution in [-0.2, 0) is 11.3 Å². The standard InChI is InChI=1S/C12H18N4OS/c17-12(9-18-11-3-6-13-7-4-11)14-8-10-2-1-5-15-16-10/h1-2,5,11,13H,3-4,6-9H2,(H,14,17). The number of hydrogen-bond donors (Lipinski definition) is 2. The molecule has 1 aromatic heterocycles. The predicted molar refractivity (Wildman–Crippen MR) is 72.2 cm³/mol. The molecule has 0 saturated carbocycles. The minimum absolute atomic E-state index is 0.0733.